The largest absolute Gasteiger partial charge is 0.300 e. The van der Waals surface area contributed by atoms with E-state index in [0.717, 1.165) is 255 Å². The summed E-state index contributed by atoms with van der Waals surface area (Å²) in [7, 11) is 0. The van der Waals surface area contributed by atoms with E-state index in [2.05, 4.69) is 41.5 Å². The second kappa shape index (κ2) is 72.8. The maximum Gasteiger partial charge on any atom is 0.129 e. The van der Waals surface area contributed by atoms with Crippen molar-refractivity contribution in [3.8, 4) is 0 Å². The molecule has 0 aliphatic heterocycles. The predicted molar refractivity (Wildman–Crippen MR) is 623 cm³/mol. The smallest absolute Gasteiger partial charge is 0.129 e. The summed E-state index contributed by atoms with van der Waals surface area (Å²) in [6.45, 7) is 24.4. The highest BCUT2D eigenvalue weighted by Crippen LogP contribution is 2.61. The van der Waals surface area contributed by atoms with Crippen LogP contribution < -0.4 is 0 Å². The zero-order valence-electron chi connectivity index (χ0n) is 99.1. The summed E-state index contributed by atoms with van der Waals surface area (Å²) in [5.41, 5.74) is 0. The molecule has 6 nitrogen and oxygen atoms in total. The predicted octanol–water partition coefficient (Wildman–Crippen LogP) is 42.8. The van der Waals surface area contributed by atoms with E-state index in [4.69, 9.17) is 0 Å². The monoisotopic (exact) mass is 2010 g/mol. The van der Waals surface area contributed by atoms with Crippen LogP contribution in [0.5, 0.6) is 0 Å². The lowest BCUT2D eigenvalue weighted by Crippen LogP contribution is -2.37. The number of unbranched alkanes of at least 4 members (excludes halogenated alkanes) is 30. The van der Waals surface area contributed by atoms with E-state index in [-0.39, 0.29) is 0 Å². The number of hydrogen-bond acceptors (Lipinski definition) is 6. The van der Waals surface area contributed by atoms with E-state index in [1.54, 1.807) is 215 Å². The van der Waals surface area contributed by atoms with E-state index in [1.165, 1.54) is 334 Å². The van der Waals surface area contributed by atoms with Crippen molar-refractivity contribution in [1.82, 2.24) is 0 Å². The maximum atomic E-state index is 11.0. The van der Waals surface area contributed by atoms with Gasteiger partial charge >= 0.3 is 0 Å². The Morgan fingerprint density at radius 1 is 0.138 bits per heavy atom. The molecule has 0 spiro atoms. The van der Waals surface area contributed by atoms with Gasteiger partial charge in [-0.05, 0) is 476 Å². The molecule has 0 aromatic carbocycles. The van der Waals surface area contributed by atoms with Gasteiger partial charge in [-0.3, -0.25) is 0 Å². The Balaban J connectivity index is 0.000000179. The van der Waals surface area contributed by atoms with Crippen LogP contribution in [0, 0.1) is 178 Å². The van der Waals surface area contributed by atoms with Crippen LogP contribution in [0.4, 0.5) is 0 Å². The molecule has 145 heavy (non-hydrogen) atoms. The summed E-state index contributed by atoms with van der Waals surface area (Å²) in [6.07, 6.45) is 128. The fraction of sp³-hybridized carbons (Fsp3) is 0.957. The van der Waals surface area contributed by atoms with Crippen LogP contribution in [0.1, 0.15) is 667 Å². The van der Waals surface area contributed by atoms with Crippen LogP contribution in [-0.2, 0) is 28.8 Å². The highest BCUT2D eigenvalue weighted by molar-refractivity contribution is 5.77. The number of carbonyl (C=O) groups is 6. The molecule has 0 bridgehead atoms. The lowest BCUT2D eigenvalue weighted by molar-refractivity contribution is -0.117. The molecule has 15 aliphatic carbocycles. The lowest BCUT2D eigenvalue weighted by Gasteiger charge is -2.48. The highest BCUT2D eigenvalue weighted by atomic mass is 16.1. The van der Waals surface area contributed by atoms with Gasteiger partial charge in [0, 0.05) is 38.5 Å². The molecular weight excluding hydrogens is 1770 g/mol. The number of rotatable bonds is 81. The average Bonchev–Trinajstić information content (AvgIpc) is 1.68. The quantitative estimate of drug-likeness (QED) is 0.0562. The molecule has 0 aromatic heterocycles. The molecule has 6 heteroatoms. The Bertz CT molecular complexity index is 3350. The summed E-state index contributed by atoms with van der Waals surface area (Å²) in [5, 5.41) is 0. The van der Waals surface area contributed by atoms with E-state index in [9.17, 15) is 28.8 Å². The van der Waals surface area contributed by atoms with Crippen molar-refractivity contribution in [3.05, 3.63) is 0 Å². The summed E-state index contributed by atoms with van der Waals surface area (Å²) in [5.74, 6) is 35.1. The minimum Gasteiger partial charge on any atom is -0.300 e. The lowest BCUT2D eigenvalue weighted by atomic mass is 9.58. The summed E-state index contributed by atoms with van der Waals surface area (Å²) >= 11 is 0. The molecule has 15 saturated carbocycles. The molecule has 15 fully saturated rings. The fourth-order valence-electron chi connectivity index (χ4n) is 31.8. The van der Waals surface area contributed by atoms with Crippen molar-refractivity contribution in [2.75, 3.05) is 0 Å². The molecule has 0 saturated heterocycles. The standard InChI is InChI=1S/2C25H44O.2C23H42O.C22H38O.C21H38O/c1-3-20-11-22(12-20)15-24-17-25(18-24)16-23-13-21(14-23)10-8-6-4-5-7-9-19(2)26;1-3-20-11-13-22(20)17-24-15-16-25(24)18-23-14-12-21(23)10-8-6-4-5-7-9-19(2)26;1-3-4-8-12-20-14-22(15-20)18-23-16-21(17-23)13-10-7-5-6-9-11-19(2)24;1-3-4-8-12-20-14-16-22(20)18-23-17-15-21(23)13-10-7-5-6-9-11-19(2)24;1-3-17-11-19(17)13-21-15-22(21)14-20-12-18(20)10-8-6-4-5-7-9-16(2)23;1-3-4-8-12-18-14-20(18)16-21-15-19(21)13-10-7-5-6-9-11-17(2)22/h2*20-25H,3-18H2,1-2H3;2*20-23H,3-18H2,1-2H3;17-22H,3-15H2,1-2H3;18-21H,3-16H2,1-2H3/t;20?,21-,22-,23?,24?,25-;;20?,21-,22-,23?;17?,18-,19-,20?,21?,22+;18?,19-,20-,21?/m.1.111/s1. The molecule has 0 N–H and O–H groups in total. The van der Waals surface area contributed by atoms with Crippen molar-refractivity contribution >= 4 is 34.7 Å². The number of Topliss-reactive ketones (excluding diaryl/α,β-unsaturated/α-hetero) is 6. The van der Waals surface area contributed by atoms with Gasteiger partial charge in [0.2, 0.25) is 0 Å². The van der Waals surface area contributed by atoms with Gasteiger partial charge in [-0.15, -0.1) is 0 Å². The number of hydrogen-bond donors (Lipinski definition) is 0. The molecule has 10 unspecified atom stereocenters. The summed E-state index contributed by atoms with van der Waals surface area (Å²) < 4.78 is 0. The second-order valence-corrected chi connectivity index (χ2v) is 56.2. The van der Waals surface area contributed by atoms with Gasteiger partial charge in [0.15, 0.2) is 0 Å². The minimum atomic E-state index is 0.355. The molecular formula is C139H248O6. The van der Waals surface area contributed by atoms with Crippen LogP contribution in [0.3, 0.4) is 0 Å². The van der Waals surface area contributed by atoms with Gasteiger partial charge in [-0.25, -0.2) is 0 Å². The second-order valence-electron chi connectivity index (χ2n) is 56.2. The first-order valence-electron chi connectivity index (χ1n) is 67.5. The van der Waals surface area contributed by atoms with Crippen molar-refractivity contribution in [2.45, 2.75) is 667 Å². The Hall–Kier alpha value is -1.98. The third-order valence-corrected chi connectivity index (χ3v) is 43.4. The van der Waals surface area contributed by atoms with Crippen LogP contribution in [0.2, 0.25) is 0 Å². The topological polar surface area (TPSA) is 102 Å². The van der Waals surface area contributed by atoms with Crippen molar-refractivity contribution < 1.29 is 28.8 Å². The zero-order chi connectivity index (χ0) is 103. The van der Waals surface area contributed by atoms with Crippen LogP contribution in [0.25, 0.3) is 0 Å². The molecule has 0 aromatic rings. The van der Waals surface area contributed by atoms with E-state index in [0.29, 0.717) is 34.7 Å². The van der Waals surface area contributed by atoms with Crippen LogP contribution in [-0.4, -0.2) is 34.7 Å². The van der Waals surface area contributed by atoms with Crippen molar-refractivity contribution in [2.24, 2.45) is 178 Å². The molecule has 15 aliphatic rings. The number of ketones is 6. The van der Waals surface area contributed by atoms with Gasteiger partial charge in [-0.1, -0.05) is 330 Å². The maximum absolute atomic E-state index is 11.0. The molecule has 0 heterocycles. The SMILES string of the molecule is CCC1CC(CC2CC(CC3CC(CCCCCCCC(C)=O)C3)C2)C1.CCC1CC[C@@H]1CC1CC[C@@H]1CC1CC[C@H]1CCCCCCCC(C)=O.CCC1C[C@@H]1CC1C[C@@H]1CC1C[C@H]1CCCCCCCC(C)=O.CCCCCC1CC(CC2CC(CCCCCCCC(C)=O)C2)C1.CCCCCC1CC[C@@H]1CC1CC[C@H]1CCCCCCCC(C)=O.CCCCCC1C[C@@H]1CC1C[C@H]1CCCCCCCC(C)=O. The minimum absolute atomic E-state index is 0.355. The van der Waals surface area contributed by atoms with E-state index in [1.807, 2.05) is 0 Å². The molecule has 20 atom stereocenters. The Labute approximate surface area is 902 Å². The average molecular weight is 2020 g/mol. The van der Waals surface area contributed by atoms with E-state index >= 15 is 0 Å². The normalized spacial score (nSPS) is 33.0. The summed E-state index contributed by atoms with van der Waals surface area (Å²) in [4.78, 5) is 65.4. The van der Waals surface area contributed by atoms with Gasteiger partial charge < -0.3 is 28.8 Å². The van der Waals surface area contributed by atoms with Crippen LogP contribution >= 0.6 is 0 Å². The first kappa shape index (κ1) is 125. The zero-order valence-corrected chi connectivity index (χ0v) is 99.1. The van der Waals surface area contributed by atoms with Gasteiger partial charge in [0.1, 0.15) is 34.7 Å². The van der Waals surface area contributed by atoms with Crippen molar-refractivity contribution in [1.29, 1.82) is 0 Å². The molecule has 0 radical (unpaired) electrons. The van der Waals surface area contributed by atoms with Crippen molar-refractivity contribution in [3.63, 3.8) is 0 Å². The van der Waals surface area contributed by atoms with E-state index < -0.39 is 0 Å². The van der Waals surface area contributed by atoms with Crippen LogP contribution in [0.15, 0.2) is 0 Å². The third kappa shape index (κ3) is 52.6. The molecule has 0 amide bonds. The Morgan fingerprint density at radius 2 is 0.310 bits per heavy atom. The Kier molecular flexibility index (Phi) is 62.6. The van der Waals surface area contributed by atoms with Gasteiger partial charge in [0.05, 0.1) is 0 Å². The molecule has 15 rings (SSSR count). The number of carbonyl (C=O) groups excluding carboxylic acids is 6. The van der Waals surface area contributed by atoms with Gasteiger partial charge in [-0.2, -0.15) is 0 Å². The molecule has 840 valence electrons. The first-order chi connectivity index (χ1) is 70.5. The fourth-order valence-corrected chi connectivity index (χ4v) is 31.8. The summed E-state index contributed by atoms with van der Waals surface area (Å²) in [6, 6.07) is 0. The third-order valence-electron chi connectivity index (χ3n) is 43.4. The Morgan fingerprint density at radius 3 is 0.545 bits per heavy atom. The highest BCUT2D eigenvalue weighted by Gasteiger charge is 2.50. The van der Waals surface area contributed by atoms with Gasteiger partial charge in [0.25, 0.3) is 0 Å². The first-order valence-corrected chi connectivity index (χ1v) is 67.5.